The van der Waals surface area contributed by atoms with Gasteiger partial charge in [-0.2, -0.15) is 5.10 Å². The van der Waals surface area contributed by atoms with Gasteiger partial charge in [0.05, 0.1) is 16.4 Å². The highest BCUT2D eigenvalue weighted by Gasteiger charge is 2.23. The van der Waals surface area contributed by atoms with Gasteiger partial charge in [-0.1, -0.05) is 39.3 Å². The molecule has 2 atom stereocenters. The summed E-state index contributed by atoms with van der Waals surface area (Å²) in [4.78, 5) is 0. The lowest BCUT2D eigenvalue weighted by atomic mass is 9.87. The second-order valence-electron chi connectivity index (χ2n) is 5.63. The minimum Gasteiger partial charge on any atom is -0.314 e. The van der Waals surface area contributed by atoms with Crippen LogP contribution in [0.3, 0.4) is 0 Å². The average molecular weight is 286 g/mol. The minimum atomic E-state index is 0.448. The number of aromatic nitrogens is 2. The van der Waals surface area contributed by atoms with Crippen LogP contribution in [0.1, 0.15) is 46.0 Å². The quantitative estimate of drug-likeness (QED) is 0.828. The topological polar surface area (TPSA) is 29.9 Å². The Morgan fingerprint density at radius 2 is 1.89 bits per heavy atom. The van der Waals surface area contributed by atoms with Crippen molar-refractivity contribution < 1.29 is 0 Å². The SMILES string of the molecule is CCNC(Cc1c(Cl)c(C)nn1CC)C(C)C(C)C. The van der Waals surface area contributed by atoms with Gasteiger partial charge in [0.2, 0.25) is 0 Å². The molecular formula is C15H28ClN3. The number of hydrogen-bond donors (Lipinski definition) is 1. The summed E-state index contributed by atoms with van der Waals surface area (Å²) in [6, 6.07) is 0.448. The molecule has 0 bridgehead atoms. The van der Waals surface area contributed by atoms with Crippen LogP contribution in [0, 0.1) is 18.8 Å². The van der Waals surface area contributed by atoms with E-state index in [-0.39, 0.29) is 0 Å². The number of aryl methyl sites for hydroxylation is 2. The van der Waals surface area contributed by atoms with Gasteiger partial charge in [-0.15, -0.1) is 0 Å². The average Bonchev–Trinajstić information content (AvgIpc) is 2.64. The lowest BCUT2D eigenvalue weighted by molar-refractivity contribution is 0.296. The molecule has 1 aromatic heterocycles. The van der Waals surface area contributed by atoms with Crippen LogP contribution in [0.4, 0.5) is 0 Å². The van der Waals surface area contributed by atoms with E-state index in [0.29, 0.717) is 17.9 Å². The Labute approximate surface area is 122 Å². The first kappa shape index (κ1) is 16.5. The van der Waals surface area contributed by atoms with Crippen molar-refractivity contribution in [1.29, 1.82) is 0 Å². The highest BCUT2D eigenvalue weighted by atomic mass is 35.5. The zero-order valence-electron chi connectivity index (χ0n) is 13.1. The summed E-state index contributed by atoms with van der Waals surface area (Å²) in [5, 5.41) is 8.94. The molecule has 0 saturated heterocycles. The van der Waals surface area contributed by atoms with E-state index in [4.69, 9.17) is 11.6 Å². The van der Waals surface area contributed by atoms with Crippen LogP contribution in [0.2, 0.25) is 5.02 Å². The van der Waals surface area contributed by atoms with Crippen molar-refractivity contribution in [3.05, 3.63) is 16.4 Å². The van der Waals surface area contributed by atoms with Crippen molar-refractivity contribution in [2.45, 2.75) is 60.5 Å². The van der Waals surface area contributed by atoms with Gasteiger partial charge in [0.25, 0.3) is 0 Å². The van der Waals surface area contributed by atoms with E-state index in [9.17, 15) is 0 Å². The van der Waals surface area contributed by atoms with E-state index in [1.807, 2.05) is 11.6 Å². The monoisotopic (exact) mass is 285 g/mol. The van der Waals surface area contributed by atoms with Crippen molar-refractivity contribution in [2.75, 3.05) is 6.54 Å². The molecule has 0 radical (unpaired) electrons. The lowest BCUT2D eigenvalue weighted by Crippen LogP contribution is -2.39. The second kappa shape index (κ2) is 7.30. The van der Waals surface area contributed by atoms with Crippen molar-refractivity contribution >= 4 is 11.6 Å². The van der Waals surface area contributed by atoms with Gasteiger partial charge in [0, 0.05) is 19.0 Å². The standard InChI is InChI=1S/C15H28ClN3/c1-7-17-13(11(5)10(3)4)9-14-15(16)12(6)18-19(14)8-2/h10-11,13,17H,7-9H2,1-6H3. The minimum absolute atomic E-state index is 0.448. The highest BCUT2D eigenvalue weighted by Crippen LogP contribution is 2.25. The molecule has 0 spiro atoms. The molecule has 3 nitrogen and oxygen atoms in total. The van der Waals surface area contributed by atoms with Gasteiger partial charge in [-0.25, -0.2) is 0 Å². The Balaban J connectivity index is 2.96. The molecule has 0 aliphatic carbocycles. The number of hydrogen-bond acceptors (Lipinski definition) is 2. The van der Waals surface area contributed by atoms with Gasteiger partial charge >= 0.3 is 0 Å². The largest absolute Gasteiger partial charge is 0.314 e. The first-order valence-corrected chi connectivity index (χ1v) is 7.75. The summed E-state index contributed by atoms with van der Waals surface area (Å²) >= 11 is 6.41. The van der Waals surface area contributed by atoms with Crippen LogP contribution in [-0.2, 0) is 13.0 Å². The van der Waals surface area contributed by atoms with E-state index in [1.54, 1.807) is 0 Å². The molecule has 0 amide bonds. The van der Waals surface area contributed by atoms with Gasteiger partial charge in [-0.3, -0.25) is 4.68 Å². The second-order valence-corrected chi connectivity index (χ2v) is 6.01. The fourth-order valence-electron chi connectivity index (χ4n) is 2.44. The lowest BCUT2D eigenvalue weighted by Gasteiger charge is -2.28. The molecule has 19 heavy (non-hydrogen) atoms. The molecule has 1 heterocycles. The first-order chi connectivity index (χ1) is 8.92. The molecule has 0 saturated carbocycles. The van der Waals surface area contributed by atoms with E-state index < -0.39 is 0 Å². The maximum absolute atomic E-state index is 6.41. The Kier molecular flexibility index (Phi) is 6.34. The predicted octanol–water partition coefficient (Wildman–Crippen LogP) is 3.68. The zero-order valence-corrected chi connectivity index (χ0v) is 13.9. The van der Waals surface area contributed by atoms with E-state index in [1.165, 1.54) is 5.69 Å². The van der Waals surface area contributed by atoms with Crippen molar-refractivity contribution in [2.24, 2.45) is 11.8 Å². The number of likely N-dealkylation sites (N-methyl/N-ethyl adjacent to an activating group) is 1. The number of nitrogens with zero attached hydrogens (tertiary/aromatic N) is 2. The molecule has 4 heteroatoms. The third-order valence-corrected chi connectivity index (χ3v) is 4.51. The fourth-order valence-corrected chi connectivity index (χ4v) is 2.66. The smallest absolute Gasteiger partial charge is 0.0847 e. The maximum Gasteiger partial charge on any atom is 0.0847 e. The molecule has 1 N–H and O–H groups in total. The summed E-state index contributed by atoms with van der Waals surface area (Å²) in [6.45, 7) is 15.0. The normalized spacial score (nSPS) is 14.9. The highest BCUT2D eigenvalue weighted by molar-refractivity contribution is 6.31. The van der Waals surface area contributed by atoms with Crippen LogP contribution in [0.5, 0.6) is 0 Å². The van der Waals surface area contributed by atoms with E-state index in [2.05, 4.69) is 45.0 Å². The third-order valence-electron chi connectivity index (χ3n) is 4.02. The first-order valence-electron chi connectivity index (χ1n) is 7.37. The number of rotatable bonds is 7. The molecule has 0 aromatic carbocycles. The molecule has 1 rings (SSSR count). The van der Waals surface area contributed by atoms with E-state index in [0.717, 1.165) is 30.2 Å². The number of nitrogens with one attached hydrogen (secondary N) is 1. The molecule has 110 valence electrons. The summed E-state index contributed by atoms with van der Waals surface area (Å²) in [7, 11) is 0. The van der Waals surface area contributed by atoms with Crippen molar-refractivity contribution in [3.63, 3.8) is 0 Å². The van der Waals surface area contributed by atoms with Crippen LogP contribution < -0.4 is 5.32 Å². The van der Waals surface area contributed by atoms with Crippen LogP contribution in [0.25, 0.3) is 0 Å². The van der Waals surface area contributed by atoms with Gasteiger partial charge in [0.15, 0.2) is 0 Å². The predicted molar refractivity (Wildman–Crippen MR) is 82.8 cm³/mol. The summed E-state index contributed by atoms with van der Waals surface area (Å²) < 4.78 is 2.04. The summed E-state index contributed by atoms with van der Waals surface area (Å²) in [5.41, 5.74) is 2.10. The molecule has 2 unspecified atom stereocenters. The molecule has 1 aromatic rings. The summed E-state index contributed by atoms with van der Waals surface area (Å²) in [5.74, 6) is 1.26. The van der Waals surface area contributed by atoms with Crippen LogP contribution in [0.15, 0.2) is 0 Å². The summed E-state index contributed by atoms with van der Waals surface area (Å²) in [6.07, 6.45) is 0.945. The van der Waals surface area contributed by atoms with E-state index >= 15 is 0 Å². The van der Waals surface area contributed by atoms with Gasteiger partial charge in [-0.05, 0) is 32.2 Å². The maximum atomic E-state index is 6.41. The molecular weight excluding hydrogens is 258 g/mol. The van der Waals surface area contributed by atoms with Crippen LogP contribution >= 0.6 is 11.6 Å². The van der Waals surface area contributed by atoms with Gasteiger partial charge in [0.1, 0.15) is 0 Å². The Hall–Kier alpha value is -0.540. The van der Waals surface area contributed by atoms with Crippen molar-refractivity contribution in [3.8, 4) is 0 Å². The third kappa shape index (κ3) is 3.96. The van der Waals surface area contributed by atoms with Crippen LogP contribution in [-0.4, -0.2) is 22.4 Å². The molecule has 0 aliphatic rings. The zero-order chi connectivity index (χ0) is 14.6. The fraction of sp³-hybridized carbons (Fsp3) is 0.800. The molecule has 0 aliphatic heterocycles. The Morgan fingerprint density at radius 1 is 1.26 bits per heavy atom. The molecule has 0 fully saturated rings. The number of halogens is 1. The van der Waals surface area contributed by atoms with Gasteiger partial charge < -0.3 is 5.32 Å². The Morgan fingerprint density at radius 3 is 2.37 bits per heavy atom. The van der Waals surface area contributed by atoms with Crippen molar-refractivity contribution in [1.82, 2.24) is 15.1 Å². The Bertz CT molecular complexity index is 398.